The van der Waals surface area contributed by atoms with Crippen LogP contribution in [0.1, 0.15) is 28.7 Å². The molecule has 2 aromatic carbocycles. The number of hydrogen-bond acceptors (Lipinski definition) is 2. The van der Waals surface area contributed by atoms with Gasteiger partial charge in [-0.1, -0.05) is 48.5 Å². The molecule has 0 radical (unpaired) electrons. The number of hydrogen-bond donors (Lipinski definition) is 0. The van der Waals surface area contributed by atoms with Crippen molar-refractivity contribution in [2.75, 3.05) is 0 Å². The molecular weight excluding hydrogens is 272 g/mol. The molecule has 0 fully saturated rings. The topological polar surface area (TPSA) is 34.1 Å². The zero-order chi connectivity index (χ0) is 15.2. The van der Waals surface area contributed by atoms with Crippen LogP contribution in [0.3, 0.4) is 0 Å². The second-order valence-electron chi connectivity index (χ2n) is 6.48. The first kappa shape index (κ1) is 13.4. The SMILES string of the molecule is O=CC1(C(=O)C2Cc3ccccc3C2)CCc2ccccc21. The smallest absolute Gasteiger partial charge is 0.154 e. The summed E-state index contributed by atoms with van der Waals surface area (Å²) in [5.74, 6) is 0.0532. The lowest BCUT2D eigenvalue weighted by molar-refractivity contribution is -0.132. The number of benzene rings is 2. The lowest BCUT2D eigenvalue weighted by Crippen LogP contribution is -2.40. The van der Waals surface area contributed by atoms with Gasteiger partial charge in [-0.05, 0) is 47.9 Å². The summed E-state index contributed by atoms with van der Waals surface area (Å²) in [7, 11) is 0. The van der Waals surface area contributed by atoms with Crippen molar-refractivity contribution >= 4 is 12.1 Å². The van der Waals surface area contributed by atoms with Crippen molar-refractivity contribution in [3.8, 4) is 0 Å². The van der Waals surface area contributed by atoms with Gasteiger partial charge in [-0.15, -0.1) is 0 Å². The number of ketones is 1. The second-order valence-corrected chi connectivity index (χ2v) is 6.48. The lowest BCUT2D eigenvalue weighted by atomic mass is 9.74. The van der Waals surface area contributed by atoms with Gasteiger partial charge in [-0.25, -0.2) is 0 Å². The van der Waals surface area contributed by atoms with Crippen molar-refractivity contribution in [1.29, 1.82) is 0 Å². The molecule has 0 aromatic heterocycles. The van der Waals surface area contributed by atoms with Gasteiger partial charge < -0.3 is 4.79 Å². The molecular formula is C20H18O2. The molecule has 0 N–H and O–H groups in total. The number of Topliss-reactive ketones (excluding diaryl/α,β-unsaturated/α-hetero) is 1. The van der Waals surface area contributed by atoms with E-state index >= 15 is 0 Å². The maximum absolute atomic E-state index is 13.2. The number of aryl methyl sites for hydroxylation is 1. The summed E-state index contributed by atoms with van der Waals surface area (Å²) in [5, 5.41) is 0. The van der Waals surface area contributed by atoms with E-state index in [1.165, 1.54) is 11.1 Å². The molecule has 4 rings (SSSR count). The van der Waals surface area contributed by atoms with Gasteiger partial charge in [0.1, 0.15) is 11.7 Å². The fourth-order valence-electron chi connectivity index (χ4n) is 4.18. The fourth-order valence-corrected chi connectivity index (χ4v) is 4.18. The summed E-state index contributed by atoms with van der Waals surface area (Å²) in [5.41, 5.74) is 3.69. The number of aldehydes is 1. The highest BCUT2D eigenvalue weighted by Gasteiger charge is 2.48. The van der Waals surface area contributed by atoms with Gasteiger partial charge in [0.05, 0.1) is 0 Å². The van der Waals surface area contributed by atoms with Crippen LogP contribution in [0.15, 0.2) is 48.5 Å². The number of fused-ring (bicyclic) bond motifs is 2. The Kier molecular flexibility index (Phi) is 3.00. The van der Waals surface area contributed by atoms with Gasteiger partial charge >= 0.3 is 0 Å². The molecule has 22 heavy (non-hydrogen) atoms. The van der Waals surface area contributed by atoms with Gasteiger partial charge in [0.2, 0.25) is 0 Å². The molecule has 0 saturated heterocycles. The Labute approximate surface area is 130 Å². The van der Waals surface area contributed by atoms with Crippen molar-refractivity contribution in [2.24, 2.45) is 5.92 Å². The van der Waals surface area contributed by atoms with Crippen LogP contribution in [0.25, 0.3) is 0 Å². The van der Waals surface area contributed by atoms with E-state index in [1.54, 1.807) is 0 Å². The Bertz CT molecular complexity index is 737. The summed E-state index contributed by atoms with van der Waals surface area (Å²) in [4.78, 5) is 25.1. The third kappa shape index (κ3) is 1.80. The molecule has 2 aliphatic rings. The molecule has 0 aliphatic heterocycles. The summed E-state index contributed by atoms with van der Waals surface area (Å²) >= 11 is 0. The predicted octanol–water partition coefficient (Wildman–Crippen LogP) is 3.05. The molecule has 110 valence electrons. The summed E-state index contributed by atoms with van der Waals surface area (Å²) < 4.78 is 0. The van der Waals surface area contributed by atoms with Crippen LogP contribution < -0.4 is 0 Å². The summed E-state index contributed by atoms with van der Waals surface area (Å²) in [6.07, 6.45) is 3.89. The molecule has 1 unspecified atom stereocenters. The molecule has 0 saturated carbocycles. The summed E-state index contributed by atoms with van der Waals surface area (Å²) in [6.45, 7) is 0. The maximum atomic E-state index is 13.2. The normalized spacial score (nSPS) is 23.1. The molecule has 0 amide bonds. The van der Waals surface area contributed by atoms with Gasteiger partial charge in [0.15, 0.2) is 5.78 Å². The third-order valence-corrected chi connectivity index (χ3v) is 5.35. The Hall–Kier alpha value is -2.22. The highest BCUT2D eigenvalue weighted by atomic mass is 16.1. The van der Waals surface area contributed by atoms with Crippen LogP contribution in [-0.4, -0.2) is 12.1 Å². The molecule has 0 spiro atoms. The molecule has 2 aliphatic carbocycles. The fraction of sp³-hybridized carbons (Fsp3) is 0.300. The highest BCUT2D eigenvalue weighted by Crippen LogP contribution is 2.42. The van der Waals surface area contributed by atoms with E-state index in [1.807, 2.05) is 36.4 Å². The van der Waals surface area contributed by atoms with Gasteiger partial charge in [-0.2, -0.15) is 0 Å². The van der Waals surface area contributed by atoms with E-state index in [0.29, 0.717) is 6.42 Å². The standard InChI is InChI=1S/C20H18O2/c21-13-20(10-9-14-5-3-4-8-18(14)20)19(22)17-11-15-6-1-2-7-16(15)12-17/h1-8,13,17H,9-12H2. The Morgan fingerprint density at radius 1 is 0.955 bits per heavy atom. The van der Waals surface area contributed by atoms with E-state index in [2.05, 4.69) is 12.1 Å². The number of rotatable bonds is 3. The number of carbonyl (C=O) groups is 2. The quantitative estimate of drug-likeness (QED) is 0.643. The lowest BCUT2D eigenvalue weighted by Gasteiger charge is -2.25. The second kappa shape index (κ2) is 4.91. The molecule has 2 nitrogen and oxygen atoms in total. The van der Waals surface area contributed by atoms with Crippen molar-refractivity contribution in [1.82, 2.24) is 0 Å². The minimum absolute atomic E-state index is 0.0613. The average molecular weight is 290 g/mol. The first-order valence-corrected chi connectivity index (χ1v) is 7.90. The Morgan fingerprint density at radius 3 is 2.18 bits per heavy atom. The maximum Gasteiger partial charge on any atom is 0.154 e. The van der Waals surface area contributed by atoms with Gasteiger partial charge in [0.25, 0.3) is 0 Å². The van der Waals surface area contributed by atoms with Crippen LogP contribution in [0.5, 0.6) is 0 Å². The van der Waals surface area contributed by atoms with Crippen LogP contribution in [0, 0.1) is 5.92 Å². The molecule has 0 heterocycles. The van der Waals surface area contributed by atoms with Crippen molar-refractivity contribution in [3.05, 3.63) is 70.8 Å². The largest absolute Gasteiger partial charge is 0.302 e. The van der Waals surface area contributed by atoms with Crippen LogP contribution in [0.2, 0.25) is 0 Å². The first-order valence-electron chi connectivity index (χ1n) is 7.90. The van der Waals surface area contributed by atoms with Crippen molar-refractivity contribution in [3.63, 3.8) is 0 Å². The zero-order valence-corrected chi connectivity index (χ0v) is 12.4. The van der Waals surface area contributed by atoms with Crippen LogP contribution >= 0.6 is 0 Å². The minimum Gasteiger partial charge on any atom is -0.302 e. The number of carbonyl (C=O) groups excluding carboxylic acids is 2. The van der Waals surface area contributed by atoms with Crippen molar-refractivity contribution < 1.29 is 9.59 Å². The molecule has 2 heteroatoms. The third-order valence-electron chi connectivity index (χ3n) is 5.35. The Balaban J connectivity index is 1.70. The van der Waals surface area contributed by atoms with Crippen molar-refractivity contribution in [2.45, 2.75) is 31.1 Å². The Morgan fingerprint density at radius 2 is 1.55 bits per heavy atom. The minimum atomic E-state index is -0.913. The van der Waals surface area contributed by atoms with Crippen LogP contribution in [0.4, 0.5) is 0 Å². The van der Waals surface area contributed by atoms with Crippen LogP contribution in [-0.2, 0) is 34.3 Å². The monoisotopic (exact) mass is 290 g/mol. The van der Waals surface area contributed by atoms with E-state index in [4.69, 9.17) is 0 Å². The van der Waals surface area contributed by atoms with E-state index in [0.717, 1.165) is 36.7 Å². The molecule has 2 aromatic rings. The molecule has 1 atom stereocenters. The van der Waals surface area contributed by atoms with Gasteiger partial charge in [0, 0.05) is 5.92 Å². The van der Waals surface area contributed by atoms with E-state index in [9.17, 15) is 9.59 Å². The highest BCUT2D eigenvalue weighted by molar-refractivity contribution is 6.07. The van der Waals surface area contributed by atoms with Gasteiger partial charge in [-0.3, -0.25) is 4.79 Å². The first-order chi connectivity index (χ1) is 10.7. The molecule has 0 bridgehead atoms. The zero-order valence-electron chi connectivity index (χ0n) is 12.4. The predicted molar refractivity (Wildman–Crippen MR) is 84.9 cm³/mol. The van der Waals surface area contributed by atoms with E-state index < -0.39 is 5.41 Å². The summed E-state index contributed by atoms with van der Waals surface area (Å²) in [6, 6.07) is 16.1. The average Bonchev–Trinajstić information content (AvgIpc) is 3.16. The van der Waals surface area contributed by atoms with E-state index in [-0.39, 0.29) is 11.7 Å².